The monoisotopic (exact) mass is 221 g/mol. The maximum atomic E-state index is 5.41. The van der Waals surface area contributed by atoms with Crippen LogP contribution >= 0.6 is 0 Å². The molecule has 0 saturated heterocycles. The summed E-state index contributed by atoms with van der Waals surface area (Å²) in [5.74, 6) is 0.954. The predicted molar refractivity (Wildman–Crippen MR) is 69.0 cm³/mol. The summed E-state index contributed by atoms with van der Waals surface area (Å²) in [6.07, 6.45) is 1.06. The lowest BCUT2D eigenvalue weighted by molar-refractivity contribution is 0.340. The molecule has 0 aliphatic heterocycles. The molecule has 1 rings (SSSR count). The fourth-order valence-electron chi connectivity index (χ4n) is 1.87. The summed E-state index contributed by atoms with van der Waals surface area (Å²) in [5.41, 5.74) is 1.35. The van der Waals surface area contributed by atoms with E-state index < -0.39 is 0 Å². The third-order valence-electron chi connectivity index (χ3n) is 2.39. The van der Waals surface area contributed by atoms with E-state index in [0.29, 0.717) is 12.1 Å². The molecule has 0 saturated carbocycles. The first kappa shape index (κ1) is 13.0. The van der Waals surface area contributed by atoms with Gasteiger partial charge in [-0.15, -0.1) is 0 Å². The van der Waals surface area contributed by atoms with Crippen molar-refractivity contribution < 1.29 is 4.74 Å². The summed E-state index contributed by atoms with van der Waals surface area (Å²) in [6.45, 7) is 9.30. The number of rotatable bonds is 6. The molecular weight excluding hydrogens is 198 g/mol. The highest BCUT2D eigenvalue weighted by atomic mass is 16.5. The molecule has 1 aromatic carbocycles. The third-order valence-corrected chi connectivity index (χ3v) is 2.39. The van der Waals surface area contributed by atoms with Crippen molar-refractivity contribution in [2.75, 3.05) is 6.61 Å². The van der Waals surface area contributed by atoms with Crippen LogP contribution < -0.4 is 10.1 Å². The van der Waals surface area contributed by atoms with Crippen LogP contribution in [0.15, 0.2) is 24.3 Å². The topological polar surface area (TPSA) is 21.3 Å². The maximum absolute atomic E-state index is 5.41. The number of hydrogen-bond acceptors (Lipinski definition) is 2. The molecule has 0 aromatic heterocycles. The van der Waals surface area contributed by atoms with Gasteiger partial charge in [0.2, 0.25) is 0 Å². The smallest absolute Gasteiger partial charge is 0.119 e. The van der Waals surface area contributed by atoms with Crippen molar-refractivity contribution in [1.29, 1.82) is 0 Å². The molecule has 1 N–H and O–H groups in total. The van der Waals surface area contributed by atoms with Crippen LogP contribution in [-0.4, -0.2) is 18.7 Å². The van der Waals surface area contributed by atoms with Crippen molar-refractivity contribution in [3.8, 4) is 5.75 Å². The van der Waals surface area contributed by atoms with Crippen LogP contribution in [0.25, 0.3) is 0 Å². The molecular formula is C14H23NO. The van der Waals surface area contributed by atoms with E-state index in [-0.39, 0.29) is 0 Å². The standard InChI is InChI=1S/C14H23NO/c1-5-16-14-8-6-13(7-9-14)10-12(4)15-11(2)3/h6-9,11-12,15H,5,10H2,1-4H3/t12-/m0/s1. The Kier molecular flexibility index (Phi) is 5.33. The molecule has 2 heteroatoms. The average molecular weight is 221 g/mol. The van der Waals surface area contributed by atoms with Gasteiger partial charge in [-0.25, -0.2) is 0 Å². The molecule has 0 aliphatic carbocycles. The summed E-state index contributed by atoms with van der Waals surface area (Å²) in [4.78, 5) is 0. The van der Waals surface area contributed by atoms with Crippen LogP contribution in [0.1, 0.15) is 33.3 Å². The average Bonchev–Trinajstić information content (AvgIpc) is 2.20. The van der Waals surface area contributed by atoms with Gasteiger partial charge in [-0.05, 0) is 38.0 Å². The van der Waals surface area contributed by atoms with Crippen molar-refractivity contribution >= 4 is 0 Å². The van der Waals surface area contributed by atoms with Crippen LogP contribution in [0.5, 0.6) is 5.75 Å². The second kappa shape index (κ2) is 6.54. The van der Waals surface area contributed by atoms with Gasteiger partial charge in [-0.2, -0.15) is 0 Å². The highest BCUT2D eigenvalue weighted by Crippen LogP contribution is 2.13. The number of nitrogens with one attached hydrogen (secondary N) is 1. The van der Waals surface area contributed by atoms with E-state index in [1.54, 1.807) is 0 Å². The van der Waals surface area contributed by atoms with Gasteiger partial charge in [0.15, 0.2) is 0 Å². The number of hydrogen-bond donors (Lipinski definition) is 1. The van der Waals surface area contributed by atoms with Gasteiger partial charge >= 0.3 is 0 Å². The highest BCUT2D eigenvalue weighted by Gasteiger charge is 2.04. The van der Waals surface area contributed by atoms with Crippen LogP contribution in [0.4, 0.5) is 0 Å². The Labute approximate surface area is 99.0 Å². The zero-order valence-corrected chi connectivity index (χ0v) is 10.8. The number of benzene rings is 1. The summed E-state index contributed by atoms with van der Waals surface area (Å²) >= 11 is 0. The SMILES string of the molecule is CCOc1ccc(C[C@H](C)NC(C)C)cc1. The van der Waals surface area contributed by atoms with Crippen molar-refractivity contribution in [3.63, 3.8) is 0 Å². The second-order valence-corrected chi connectivity index (χ2v) is 4.50. The van der Waals surface area contributed by atoms with E-state index in [4.69, 9.17) is 4.74 Å². The van der Waals surface area contributed by atoms with Crippen molar-refractivity contribution in [2.24, 2.45) is 0 Å². The minimum absolute atomic E-state index is 0.512. The predicted octanol–water partition coefficient (Wildman–Crippen LogP) is 3.01. The molecule has 16 heavy (non-hydrogen) atoms. The molecule has 0 amide bonds. The molecule has 0 fully saturated rings. The summed E-state index contributed by atoms with van der Waals surface area (Å²) < 4.78 is 5.41. The normalized spacial score (nSPS) is 12.8. The van der Waals surface area contributed by atoms with E-state index in [0.717, 1.165) is 18.8 Å². The first-order valence-electron chi connectivity index (χ1n) is 6.09. The fourth-order valence-corrected chi connectivity index (χ4v) is 1.87. The van der Waals surface area contributed by atoms with Crippen LogP contribution in [-0.2, 0) is 6.42 Å². The fraction of sp³-hybridized carbons (Fsp3) is 0.571. The molecule has 0 aliphatic rings. The van der Waals surface area contributed by atoms with Crippen molar-refractivity contribution in [1.82, 2.24) is 5.32 Å². The Hall–Kier alpha value is -1.02. The van der Waals surface area contributed by atoms with E-state index in [2.05, 4.69) is 38.2 Å². The molecule has 0 spiro atoms. The third kappa shape index (κ3) is 4.67. The van der Waals surface area contributed by atoms with Gasteiger partial charge in [-0.3, -0.25) is 0 Å². The quantitative estimate of drug-likeness (QED) is 0.797. The molecule has 0 bridgehead atoms. The summed E-state index contributed by atoms with van der Waals surface area (Å²) in [6, 6.07) is 9.42. The van der Waals surface area contributed by atoms with Crippen molar-refractivity contribution in [3.05, 3.63) is 29.8 Å². The molecule has 2 nitrogen and oxygen atoms in total. The first-order valence-corrected chi connectivity index (χ1v) is 6.09. The van der Waals surface area contributed by atoms with E-state index in [1.807, 2.05) is 19.1 Å². The first-order chi connectivity index (χ1) is 7.61. The minimum Gasteiger partial charge on any atom is -0.494 e. The summed E-state index contributed by atoms with van der Waals surface area (Å²) in [5, 5.41) is 3.50. The maximum Gasteiger partial charge on any atom is 0.119 e. The van der Waals surface area contributed by atoms with Crippen LogP contribution in [0.2, 0.25) is 0 Å². The molecule has 0 heterocycles. The van der Waals surface area contributed by atoms with Gasteiger partial charge in [0, 0.05) is 12.1 Å². The Morgan fingerprint density at radius 1 is 1.12 bits per heavy atom. The van der Waals surface area contributed by atoms with Gasteiger partial charge in [0.05, 0.1) is 6.61 Å². The van der Waals surface area contributed by atoms with E-state index >= 15 is 0 Å². The van der Waals surface area contributed by atoms with Crippen molar-refractivity contribution in [2.45, 2.75) is 46.2 Å². The molecule has 0 radical (unpaired) electrons. The van der Waals surface area contributed by atoms with Gasteiger partial charge in [0.25, 0.3) is 0 Å². The zero-order chi connectivity index (χ0) is 12.0. The van der Waals surface area contributed by atoms with Gasteiger partial charge < -0.3 is 10.1 Å². The Balaban J connectivity index is 2.48. The zero-order valence-electron chi connectivity index (χ0n) is 10.8. The van der Waals surface area contributed by atoms with Crippen LogP contribution in [0, 0.1) is 0 Å². The van der Waals surface area contributed by atoms with E-state index in [1.165, 1.54) is 5.56 Å². The Morgan fingerprint density at radius 3 is 2.25 bits per heavy atom. The van der Waals surface area contributed by atoms with Crippen LogP contribution in [0.3, 0.4) is 0 Å². The second-order valence-electron chi connectivity index (χ2n) is 4.50. The minimum atomic E-state index is 0.512. The lowest BCUT2D eigenvalue weighted by Gasteiger charge is -2.16. The largest absolute Gasteiger partial charge is 0.494 e. The lowest BCUT2D eigenvalue weighted by atomic mass is 10.1. The molecule has 1 atom stereocenters. The Morgan fingerprint density at radius 2 is 1.75 bits per heavy atom. The Bertz CT molecular complexity index is 292. The highest BCUT2D eigenvalue weighted by molar-refractivity contribution is 5.27. The van der Waals surface area contributed by atoms with Gasteiger partial charge in [-0.1, -0.05) is 26.0 Å². The van der Waals surface area contributed by atoms with Gasteiger partial charge in [0.1, 0.15) is 5.75 Å². The number of ether oxygens (including phenoxy) is 1. The summed E-state index contributed by atoms with van der Waals surface area (Å²) in [7, 11) is 0. The van der Waals surface area contributed by atoms with E-state index in [9.17, 15) is 0 Å². The molecule has 1 aromatic rings. The lowest BCUT2D eigenvalue weighted by Crippen LogP contribution is -2.33. The molecule has 0 unspecified atom stereocenters. The molecule has 90 valence electrons.